The first-order valence-electron chi connectivity index (χ1n) is 10.2. The fourth-order valence-corrected chi connectivity index (χ4v) is 3.55. The number of aliphatic hydroxyl groups is 1. The van der Waals surface area contributed by atoms with Gasteiger partial charge in [-0.15, -0.1) is 0 Å². The van der Waals surface area contributed by atoms with Gasteiger partial charge in [0, 0.05) is 19.2 Å². The van der Waals surface area contributed by atoms with Crippen LogP contribution in [0.1, 0.15) is 30.5 Å². The minimum Gasteiger partial charge on any atom is -0.507 e. The Labute approximate surface area is 181 Å². The molecule has 1 aliphatic rings. The number of rotatable bonds is 9. The number of likely N-dealkylation sites (tertiary alicyclic amines) is 1. The van der Waals surface area contributed by atoms with Crippen molar-refractivity contribution < 1.29 is 28.9 Å². The second-order valence-corrected chi connectivity index (χ2v) is 7.13. The van der Waals surface area contributed by atoms with Gasteiger partial charge >= 0.3 is 0 Å². The van der Waals surface area contributed by atoms with E-state index < -0.39 is 17.7 Å². The highest BCUT2D eigenvalue weighted by molar-refractivity contribution is 6.46. The summed E-state index contributed by atoms with van der Waals surface area (Å²) in [6, 6.07) is 13.2. The second-order valence-electron chi connectivity index (χ2n) is 7.13. The van der Waals surface area contributed by atoms with Crippen molar-refractivity contribution in [2.24, 2.45) is 0 Å². The van der Waals surface area contributed by atoms with Crippen molar-refractivity contribution >= 4 is 17.4 Å². The van der Waals surface area contributed by atoms with E-state index in [9.17, 15) is 14.7 Å². The Morgan fingerprint density at radius 2 is 1.77 bits per heavy atom. The highest BCUT2D eigenvalue weighted by Gasteiger charge is 2.46. The topological polar surface area (TPSA) is 85.3 Å². The molecule has 31 heavy (non-hydrogen) atoms. The summed E-state index contributed by atoms with van der Waals surface area (Å²) in [4.78, 5) is 27.2. The van der Waals surface area contributed by atoms with Crippen LogP contribution in [-0.2, 0) is 14.3 Å². The average Bonchev–Trinajstić information content (AvgIpc) is 3.06. The third-order valence-electron chi connectivity index (χ3n) is 5.09. The summed E-state index contributed by atoms with van der Waals surface area (Å²) in [5, 5.41) is 11.0. The third kappa shape index (κ3) is 4.72. The lowest BCUT2D eigenvalue weighted by atomic mass is 9.95. The number of nitrogens with zero attached hydrogens (tertiary/aromatic N) is 1. The number of hydrogen-bond acceptors (Lipinski definition) is 6. The van der Waals surface area contributed by atoms with E-state index in [1.165, 1.54) is 12.0 Å². The van der Waals surface area contributed by atoms with Gasteiger partial charge in [-0.25, -0.2) is 0 Å². The summed E-state index contributed by atoms with van der Waals surface area (Å²) in [6.45, 7) is 3.04. The quantitative estimate of drug-likeness (QED) is 0.376. The Hall–Kier alpha value is -3.32. The van der Waals surface area contributed by atoms with Crippen LogP contribution >= 0.6 is 0 Å². The van der Waals surface area contributed by atoms with Gasteiger partial charge in [-0.05, 0) is 48.4 Å². The molecule has 2 aromatic carbocycles. The molecule has 2 aromatic rings. The molecule has 3 rings (SSSR count). The molecule has 1 fully saturated rings. The molecule has 1 heterocycles. The van der Waals surface area contributed by atoms with Crippen molar-refractivity contribution in [1.29, 1.82) is 0 Å². The van der Waals surface area contributed by atoms with Crippen molar-refractivity contribution in [3.8, 4) is 11.5 Å². The lowest BCUT2D eigenvalue weighted by molar-refractivity contribution is -0.140. The number of ketones is 1. The Morgan fingerprint density at radius 3 is 2.42 bits per heavy atom. The Bertz CT molecular complexity index is 966. The van der Waals surface area contributed by atoms with Gasteiger partial charge in [0.05, 0.1) is 31.9 Å². The van der Waals surface area contributed by atoms with E-state index in [1.807, 2.05) is 25.1 Å². The van der Waals surface area contributed by atoms with Gasteiger partial charge in [-0.1, -0.05) is 19.1 Å². The maximum absolute atomic E-state index is 13.0. The van der Waals surface area contributed by atoms with Crippen molar-refractivity contribution in [2.75, 3.05) is 34.0 Å². The van der Waals surface area contributed by atoms with Gasteiger partial charge < -0.3 is 24.2 Å². The number of benzene rings is 2. The summed E-state index contributed by atoms with van der Waals surface area (Å²) < 4.78 is 16.0. The van der Waals surface area contributed by atoms with Crippen LogP contribution < -0.4 is 9.47 Å². The minimum atomic E-state index is -0.748. The highest BCUT2D eigenvalue weighted by Crippen LogP contribution is 2.40. The fraction of sp³-hybridized carbons (Fsp3) is 0.333. The molecular formula is C24H27NO6. The van der Waals surface area contributed by atoms with Crippen molar-refractivity contribution in [1.82, 2.24) is 4.90 Å². The summed E-state index contributed by atoms with van der Waals surface area (Å²) in [5.74, 6) is -0.368. The van der Waals surface area contributed by atoms with Crippen LogP contribution in [-0.4, -0.2) is 55.7 Å². The number of hydrogen-bond donors (Lipinski definition) is 1. The first-order valence-corrected chi connectivity index (χ1v) is 10.2. The first-order chi connectivity index (χ1) is 15.0. The summed E-state index contributed by atoms with van der Waals surface area (Å²) in [7, 11) is 3.08. The summed E-state index contributed by atoms with van der Waals surface area (Å²) in [5.41, 5.74) is 1.15. The van der Waals surface area contributed by atoms with Crippen LogP contribution in [0.5, 0.6) is 11.5 Å². The van der Waals surface area contributed by atoms with Crippen LogP contribution in [0.25, 0.3) is 5.76 Å². The van der Waals surface area contributed by atoms with E-state index in [2.05, 4.69) is 0 Å². The van der Waals surface area contributed by atoms with E-state index in [0.717, 1.165) is 6.42 Å². The Morgan fingerprint density at radius 1 is 1.03 bits per heavy atom. The number of amides is 1. The molecule has 1 amide bonds. The molecule has 0 aromatic heterocycles. The molecule has 164 valence electrons. The molecule has 0 saturated carbocycles. The van der Waals surface area contributed by atoms with Crippen molar-refractivity contribution in [3.05, 3.63) is 65.2 Å². The SMILES string of the molecule is CCCOc1cccc(C2/C(=C(\O)c3ccc(OC)cc3)C(=O)C(=O)N2CCOC)c1. The normalized spacial score (nSPS) is 17.8. The van der Waals surface area contributed by atoms with Gasteiger partial charge in [0.2, 0.25) is 0 Å². The zero-order valence-electron chi connectivity index (χ0n) is 18.0. The minimum absolute atomic E-state index is 0.0407. The molecule has 1 saturated heterocycles. The Kier molecular flexibility index (Phi) is 7.31. The molecule has 1 aliphatic heterocycles. The van der Waals surface area contributed by atoms with Crippen molar-refractivity contribution in [2.45, 2.75) is 19.4 Å². The molecule has 7 nitrogen and oxygen atoms in total. The predicted octanol–water partition coefficient (Wildman–Crippen LogP) is 3.55. The molecule has 1 unspecified atom stereocenters. The van der Waals surface area contributed by atoms with E-state index in [4.69, 9.17) is 14.2 Å². The summed E-state index contributed by atoms with van der Waals surface area (Å²) in [6.07, 6.45) is 0.855. The zero-order valence-corrected chi connectivity index (χ0v) is 18.0. The van der Waals surface area contributed by atoms with Gasteiger partial charge in [0.25, 0.3) is 11.7 Å². The van der Waals surface area contributed by atoms with Gasteiger partial charge in [0.15, 0.2) is 0 Å². The molecule has 1 N–H and O–H groups in total. The van der Waals surface area contributed by atoms with E-state index in [-0.39, 0.29) is 24.5 Å². The van der Waals surface area contributed by atoms with Crippen LogP contribution in [0.2, 0.25) is 0 Å². The van der Waals surface area contributed by atoms with Crippen LogP contribution in [0, 0.1) is 0 Å². The average molecular weight is 425 g/mol. The largest absolute Gasteiger partial charge is 0.507 e. The number of ether oxygens (including phenoxy) is 3. The second kappa shape index (κ2) is 10.1. The molecular weight excluding hydrogens is 398 g/mol. The van der Waals surface area contributed by atoms with Gasteiger partial charge in [0.1, 0.15) is 17.3 Å². The first kappa shape index (κ1) is 22.4. The standard InChI is InChI=1S/C24H27NO6/c1-4-13-31-19-7-5-6-17(15-19)21-20(23(27)24(28)25(21)12-14-29-2)22(26)16-8-10-18(30-3)11-9-16/h5-11,15,21,26H,4,12-14H2,1-3H3/b22-20+. The molecule has 0 radical (unpaired) electrons. The maximum atomic E-state index is 13.0. The maximum Gasteiger partial charge on any atom is 0.295 e. The van der Waals surface area contributed by atoms with Gasteiger partial charge in [-0.2, -0.15) is 0 Å². The molecule has 0 bridgehead atoms. The van der Waals surface area contributed by atoms with E-state index in [0.29, 0.717) is 29.2 Å². The molecule has 7 heteroatoms. The lowest BCUT2D eigenvalue weighted by Crippen LogP contribution is -2.32. The number of carbonyl (C=O) groups is 2. The predicted molar refractivity (Wildman–Crippen MR) is 116 cm³/mol. The fourth-order valence-electron chi connectivity index (χ4n) is 3.55. The van der Waals surface area contributed by atoms with Crippen LogP contribution in [0.3, 0.4) is 0 Å². The van der Waals surface area contributed by atoms with Crippen molar-refractivity contribution in [3.63, 3.8) is 0 Å². The van der Waals surface area contributed by atoms with E-state index in [1.54, 1.807) is 37.4 Å². The smallest absolute Gasteiger partial charge is 0.295 e. The number of methoxy groups -OCH3 is 2. The van der Waals surface area contributed by atoms with Gasteiger partial charge in [-0.3, -0.25) is 9.59 Å². The van der Waals surface area contributed by atoms with E-state index >= 15 is 0 Å². The Balaban J connectivity index is 2.10. The third-order valence-corrected chi connectivity index (χ3v) is 5.09. The van der Waals surface area contributed by atoms with Crippen LogP contribution in [0.4, 0.5) is 0 Å². The molecule has 1 atom stereocenters. The number of carbonyl (C=O) groups excluding carboxylic acids is 2. The van der Waals surface area contributed by atoms with Crippen LogP contribution in [0.15, 0.2) is 54.1 Å². The lowest BCUT2D eigenvalue weighted by Gasteiger charge is -2.25. The number of Topliss-reactive ketones (excluding diaryl/α,β-unsaturated/α-hetero) is 1. The summed E-state index contributed by atoms with van der Waals surface area (Å²) >= 11 is 0. The highest BCUT2D eigenvalue weighted by atomic mass is 16.5. The zero-order chi connectivity index (χ0) is 22.4. The monoisotopic (exact) mass is 425 g/mol. The molecule has 0 spiro atoms. The number of aliphatic hydroxyl groups excluding tert-OH is 1. The molecule has 0 aliphatic carbocycles.